The van der Waals surface area contributed by atoms with Crippen molar-refractivity contribution < 1.29 is 23.8 Å². The molecule has 3 heterocycles. The van der Waals surface area contributed by atoms with Crippen LogP contribution in [0, 0.1) is 17.8 Å². The molecule has 0 amide bonds. The Morgan fingerprint density at radius 3 is 2.46 bits per heavy atom. The van der Waals surface area contributed by atoms with Gasteiger partial charge in [-0.2, -0.15) is 8.78 Å². The third-order valence-electron chi connectivity index (χ3n) is 6.12. The van der Waals surface area contributed by atoms with Crippen LogP contribution >= 0.6 is 0 Å². The lowest BCUT2D eigenvalue weighted by Crippen LogP contribution is -2.59. The van der Waals surface area contributed by atoms with Crippen molar-refractivity contribution in [2.45, 2.75) is 38.3 Å². The Morgan fingerprint density at radius 2 is 1.96 bits per heavy atom. The Hall–Kier alpha value is -1.96. The molecule has 142 valence electrons. The second kappa shape index (κ2) is 5.77. The predicted octanol–water partition coefficient (Wildman–Crippen LogP) is 1.92. The smallest absolute Gasteiger partial charge is 0.303 e. The van der Waals surface area contributed by atoms with Crippen LogP contribution in [0.1, 0.15) is 26.0 Å². The summed E-state index contributed by atoms with van der Waals surface area (Å²) in [6, 6.07) is 3.08. The lowest BCUT2D eigenvalue weighted by atomic mass is 10.0. The molecule has 1 aromatic heterocycles. The van der Waals surface area contributed by atoms with Crippen molar-refractivity contribution >= 4 is 17.5 Å². The molecule has 0 aromatic carbocycles. The average molecular weight is 367 g/mol. The van der Waals surface area contributed by atoms with E-state index in [9.17, 15) is 18.7 Å². The van der Waals surface area contributed by atoms with Crippen LogP contribution in [-0.4, -0.2) is 52.9 Å². The van der Waals surface area contributed by atoms with Gasteiger partial charge in [0.1, 0.15) is 11.5 Å². The first-order chi connectivity index (χ1) is 12.1. The molecule has 1 saturated carbocycles. The third-order valence-corrected chi connectivity index (χ3v) is 6.12. The first-order valence-corrected chi connectivity index (χ1v) is 8.97. The van der Waals surface area contributed by atoms with Gasteiger partial charge in [0.15, 0.2) is 0 Å². The second-order valence-electron chi connectivity index (χ2n) is 7.91. The van der Waals surface area contributed by atoms with E-state index in [4.69, 9.17) is 5.11 Å². The number of aliphatic carboxylic acids is 1. The van der Waals surface area contributed by atoms with Crippen LogP contribution in [0.25, 0.3) is 0 Å². The molecule has 3 fully saturated rings. The van der Waals surface area contributed by atoms with Gasteiger partial charge < -0.3 is 20.0 Å². The molecule has 6 nitrogen and oxygen atoms in total. The SMILES string of the molecule is C[C@H]1[C@H](O)CN1c1cc(N2C[C@@H]3C(CC(=O)O)[C@@H]3C2)cc(C(C)(F)F)n1. The van der Waals surface area contributed by atoms with Crippen LogP contribution in [0.4, 0.5) is 20.3 Å². The lowest BCUT2D eigenvalue weighted by Gasteiger charge is -2.44. The molecule has 2 aliphatic heterocycles. The van der Waals surface area contributed by atoms with Crippen LogP contribution in [0.3, 0.4) is 0 Å². The van der Waals surface area contributed by atoms with E-state index in [1.807, 2.05) is 11.8 Å². The van der Waals surface area contributed by atoms with Gasteiger partial charge in [-0.1, -0.05) is 0 Å². The van der Waals surface area contributed by atoms with Gasteiger partial charge in [0.2, 0.25) is 0 Å². The van der Waals surface area contributed by atoms with Crippen molar-refractivity contribution in [2.24, 2.45) is 17.8 Å². The number of carboxylic acids is 1. The van der Waals surface area contributed by atoms with E-state index in [0.717, 1.165) is 6.92 Å². The summed E-state index contributed by atoms with van der Waals surface area (Å²) in [4.78, 5) is 18.9. The van der Waals surface area contributed by atoms with Crippen molar-refractivity contribution in [2.75, 3.05) is 29.4 Å². The van der Waals surface area contributed by atoms with Crippen LogP contribution in [0.5, 0.6) is 0 Å². The van der Waals surface area contributed by atoms with E-state index in [-0.39, 0.29) is 24.1 Å². The summed E-state index contributed by atoms with van der Waals surface area (Å²) in [6.45, 7) is 4.45. The number of hydrogen-bond acceptors (Lipinski definition) is 5. The predicted molar refractivity (Wildman–Crippen MR) is 91.6 cm³/mol. The first-order valence-electron chi connectivity index (χ1n) is 8.97. The molecule has 0 spiro atoms. The van der Waals surface area contributed by atoms with Gasteiger partial charge in [-0.15, -0.1) is 0 Å². The molecule has 1 aliphatic carbocycles. The van der Waals surface area contributed by atoms with E-state index < -0.39 is 18.0 Å². The number of aliphatic hydroxyl groups is 1. The number of nitrogens with zero attached hydrogens (tertiary/aromatic N) is 3. The van der Waals surface area contributed by atoms with Gasteiger partial charge in [-0.25, -0.2) is 4.98 Å². The summed E-state index contributed by atoms with van der Waals surface area (Å²) >= 11 is 0. The number of halogens is 2. The summed E-state index contributed by atoms with van der Waals surface area (Å²) in [5.41, 5.74) is 0.419. The van der Waals surface area contributed by atoms with Gasteiger partial charge >= 0.3 is 5.97 Å². The minimum Gasteiger partial charge on any atom is -0.481 e. The molecule has 2 saturated heterocycles. The number of piperidine rings is 1. The number of carboxylic acid groups (broad SMARTS) is 1. The highest BCUT2D eigenvalue weighted by molar-refractivity contribution is 5.68. The van der Waals surface area contributed by atoms with Gasteiger partial charge in [0.25, 0.3) is 5.92 Å². The van der Waals surface area contributed by atoms with Gasteiger partial charge in [-0.3, -0.25) is 4.79 Å². The lowest BCUT2D eigenvalue weighted by molar-refractivity contribution is -0.137. The Morgan fingerprint density at radius 1 is 1.31 bits per heavy atom. The Labute approximate surface area is 150 Å². The maximum Gasteiger partial charge on any atom is 0.303 e. The average Bonchev–Trinajstić information content (AvgIpc) is 3.00. The number of β-amino-alcohol motifs (C(OH)–C–C–N with tert-alkyl or cyclic N) is 1. The number of aliphatic hydroxyl groups excluding tert-OH is 1. The van der Waals surface area contributed by atoms with E-state index in [1.54, 1.807) is 6.07 Å². The molecule has 8 heteroatoms. The zero-order valence-electron chi connectivity index (χ0n) is 14.8. The number of aromatic nitrogens is 1. The zero-order valence-corrected chi connectivity index (χ0v) is 14.8. The van der Waals surface area contributed by atoms with Crippen molar-refractivity contribution in [3.05, 3.63) is 17.8 Å². The number of fused-ring (bicyclic) bond motifs is 1. The summed E-state index contributed by atoms with van der Waals surface area (Å²) in [7, 11) is 0. The highest BCUT2D eigenvalue weighted by atomic mass is 19.3. The zero-order chi connectivity index (χ0) is 18.8. The van der Waals surface area contributed by atoms with Crippen molar-refractivity contribution in [1.82, 2.24) is 4.98 Å². The Balaban J connectivity index is 1.56. The standard InChI is InChI=1S/C18H23F2N3O3/c1-9-14(24)8-23(9)16-4-10(3-15(21-16)18(2,19)20)22-6-12-11(5-17(25)26)13(12)7-22/h3-4,9,11-14,24H,5-8H2,1-2H3,(H,25,26)/t9-,11?,12-,13+,14+/m0/s1. The van der Waals surface area contributed by atoms with Crippen LogP contribution < -0.4 is 9.80 Å². The summed E-state index contributed by atoms with van der Waals surface area (Å²) in [6.07, 6.45) is -0.283. The molecule has 1 unspecified atom stereocenters. The highest BCUT2D eigenvalue weighted by Crippen LogP contribution is 2.54. The normalized spacial score (nSPS) is 33.0. The van der Waals surface area contributed by atoms with Crippen LogP contribution in [0.15, 0.2) is 12.1 Å². The number of anilines is 2. The number of pyridine rings is 1. The maximum atomic E-state index is 13.9. The Kier molecular flexibility index (Phi) is 3.87. The maximum absolute atomic E-state index is 13.9. The number of rotatable bonds is 5. The van der Waals surface area contributed by atoms with E-state index in [2.05, 4.69) is 9.88 Å². The molecule has 3 aliphatic rings. The van der Waals surface area contributed by atoms with E-state index in [0.29, 0.717) is 43.0 Å². The minimum absolute atomic E-state index is 0.150. The largest absolute Gasteiger partial charge is 0.481 e. The molecule has 5 atom stereocenters. The number of hydrogen-bond donors (Lipinski definition) is 2. The molecule has 1 aromatic rings. The molecular weight excluding hydrogens is 344 g/mol. The van der Waals surface area contributed by atoms with Crippen molar-refractivity contribution in [1.29, 1.82) is 0 Å². The van der Waals surface area contributed by atoms with Gasteiger partial charge in [0, 0.05) is 44.7 Å². The van der Waals surface area contributed by atoms with Gasteiger partial charge in [0.05, 0.1) is 12.1 Å². The summed E-state index contributed by atoms with van der Waals surface area (Å²) in [5, 5.41) is 18.7. The number of alkyl halides is 2. The molecular formula is C18H23F2N3O3. The molecule has 0 radical (unpaired) electrons. The summed E-state index contributed by atoms with van der Waals surface area (Å²) < 4.78 is 27.9. The topological polar surface area (TPSA) is 76.9 Å². The fourth-order valence-corrected chi connectivity index (χ4v) is 4.31. The molecule has 26 heavy (non-hydrogen) atoms. The second-order valence-corrected chi connectivity index (χ2v) is 7.91. The fourth-order valence-electron chi connectivity index (χ4n) is 4.31. The fraction of sp³-hybridized carbons (Fsp3) is 0.667. The summed E-state index contributed by atoms with van der Waals surface area (Å²) in [5.74, 6) is -2.50. The van der Waals surface area contributed by atoms with E-state index >= 15 is 0 Å². The highest BCUT2D eigenvalue weighted by Gasteiger charge is 2.56. The monoisotopic (exact) mass is 367 g/mol. The minimum atomic E-state index is -3.05. The molecule has 4 rings (SSSR count). The number of carbonyl (C=O) groups is 1. The van der Waals surface area contributed by atoms with Crippen LogP contribution in [-0.2, 0) is 10.7 Å². The van der Waals surface area contributed by atoms with E-state index in [1.165, 1.54) is 6.07 Å². The molecule has 2 N–H and O–H groups in total. The van der Waals surface area contributed by atoms with Crippen molar-refractivity contribution in [3.63, 3.8) is 0 Å². The molecule has 0 bridgehead atoms. The first kappa shape index (κ1) is 17.5. The van der Waals surface area contributed by atoms with Gasteiger partial charge in [-0.05, 0) is 30.7 Å². The van der Waals surface area contributed by atoms with Crippen LogP contribution in [0.2, 0.25) is 0 Å². The third kappa shape index (κ3) is 2.90. The van der Waals surface area contributed by atoms with Crippen molar-refractivity contribution in [3.8, 4) is 0 Å². The Bertz CT molecular complexity index is 727. The quantitative estimate of drug-likeness (QED) is 0.828.